The minimum Gasteiger partial charge on any atom is -0.512 e. The van der Waals surface area contributed by atoms with Crippen LogP contribution in [0.1, 0.15) is 78.1 Å². The van der Waals surface area contributed by atoms with Crippen molar-refractivity contribution in [1.29, 1.82) is 0 Å². The number of rotatable bonds is 3. The molecule has 2 heterocycles. The Labute approximate surface area is 212 Å². The molecule has 0 atom stereocenters. The van der Waals surface area contributed by atoms with E-state index < -0.39 is 0 Å². The molecule has 9 heteroatoms. The Morgan fingerprint density at radius 1 is 0.857 bits per heavy atom. The maximum Gasteiger partial charge on any atom is 0.310 e. The van der Waals surface area contributed by atoms with Crippen LogP contribution in [0.5, 0.6) is 0 Å². The highest BCUT2D eigenvalue weighted by Gasteiger charge is 2.39. The molecule has 1 N–H and O–H groups in total. The van der Waals surface area contributed by atoms with E-state index in [1.54, 1.807) is 13.8 Å². The number of halogens is 1. The second-order valence-electron chi connectivity index (χ2n) is 9.65. The largest absolute Gasteiger partial charge is 0.512 e. The number of aliphatic hydroxyl groups excluding tert-OH is 1. The molecule has 2 spiro atoms. The van der Waals surface area contributed by atoms with Crippen LogP contribution in [-0.4, -0.2) is 54.3 Å². The average molecular weight is 513 g/mol. The molecule has 0 radical (unpaired) electrons. The third-order valence-electron chi connectivity index (χ3n) is 6.77. The summed E-state index contributed by atoms with van der Waals surface area (Å²) in [6.07, 6.45) is 9.64. The molecule has 0 aromatic carbocycles. The van der Waals surface area contributed by atoms with Crippen LogP contribution in [0.25, 0.3) is 0 Å². The highest BCUT2D eigenvalue weighted by Crippen LogP contribution is 2.43. The lowest BCUT2D eigenvalue weighted by molar-refractivity contribution is -0.140. The van der Waals surface area contributed by atoms with Crippen LogP contribution in [0.4, 0.5) is 0 Å². The smallest absolute Gasteiger partial charge is 0.310 e. The highest BCUT2D eigenvalue weighted by atomic mass is 35.5. The first-order valence-corrected chi connectivity index (χ1v) is 12.7. The molecule has 35 heavy (non-hydrogen) atoms. The summed E-state index contributed by atoms with van der Waals surface area (Å²) in [7, 11) is 0. The molecule has 0 bridgehead atoms. The van der Waals surface area contributed by atoms with Crippen molar-refractivity contribution in [3.05, 3.63) is 23.7 Å². The lowest BCUT2D eigenvalue weighted by atomic mass is 9.70. The third kappa shape index (κ3) is 9.86. The number of carbonyl (C=O) groups is 4. The van der Waals surface area contributed by atoms with Crippen molar-refractivity contribution in [2.75, 3.05) is 26.4 Å². The molecule has 0 aromatic rings. The second kappa shape index (κ2) is 13.9. The molecule has 0 amide bonds. The van der Waals surface area contributed by atoms with Gasteiger partial charge in [0, 0.05) is 77.1 Å². The van der Waals surface area contributed by atoms with E-state index in [2.05, 4.69) is 0 Å². The van der Waals surface area contributed by atoms with E-state index in [4.69, 9.17) is 25.8 Å². The van der Waals surface area contributed by atoms with Crippen LogP contribution < -0.4 is 0 Å². The minimum atomic E-state index is -0.273. The topological polar surface area (TPSA) is 116 Å². The Kier molecular flexibility index (Phi) is 11.6. The zero-order valence-corrected chi connectivity index (χ0v) is 21.5. The summed E-state index contributed by atoms with van der Waals surface area (Å²) in [6, 6.07) is 0. The molecule has 0 unspecified atom stereocenters. The SMILES string of the molecule is CCC(=O)Cl.CCC(=O)OC1=CC(=O)CC2(CCOCC2)C1.O=C1C=C(O)CC2(CCOCC2)C1. The number of carbonyl (C=O) groups excluding carboxylic acids is 4. The lowest BCUT2D eigenvalue weighted by Gasteiger charge is -2.38. The van der Waals surface area contributed by atoms with Gasteiger partial charge in [-0.15, -0.1) is 0 Å². The fourth-order valence-electron chi connectivity index (χ4n) is 4.79. The fourth-order valence-corrected chi connectivity index (χ4v) is 4.79. The molecule has 0 saturated carbocycles. The maximum atomic E-state index is 11.7. The summed E-state index contributed by atoms with van der Waals surface area (Å²) < 4.78 is 15.8. The Hall–Kier alpha value is -2.03. The van der Waals surface area contributed by atoms with Gasteiger partial charge in [-0.05, 0) is 48.1 Å². The molecule has 2 saturated heterocycles. The van der Waals surface area contributed by atoms with Gasteiger partial charge in [0.1, 0.15) is 5.76 Å². The average Bonchev–Trinajstić information content (AvgIpc) is 2.79. The first-order valence-electron chi connectivity index (χ1n) is 12.3. The first-order chi connectivity index (χ1) is 16.6. The summed E-state index contributed by atoms with van der Waals surface area (Å²) in [4.78, 5) is 43.8. The molecule has 4 aliphatic rings. The zero-order valence-electron chi connectivity index (χ0n) is 20.7. The standard InChI is InChI=1S/C13H18O4.C10H14O3.C3H5ClO/c1-2-12(15)17-11-7-10(14)8-13(9-11)3-5-16-6-4-13;11-8-5-9(12)7-10(6-8)1-3-13-4-2-10;1-2-3(4)5/h7H,2-6,8-9H2,1H3;5,11H,1-4,6-7H2;2H2,1H3. The molecule has 4 rings (SSSR count). The third-order valence-corrected chi connectivity index (χ3v) is 7.04. The van der Waals surface area contributed by atoms with E-state index in [1.807, 2.05) is 0 Å². The maximum absolute atomic E-state index is 11.7. The summed E-state index contributed by atoms with van der Waals surface area (Å²) in [6.45, 7) is 6.30. The summed E-state index contributed by atoms with van der Waals surface area (Å²) in [5, 5.41) is 9.12. The number of esters is 1. The van der Waals surface area contributed by atoms with Gasteiger partial charge in [-0.1, -0.05) is 13.8 Å². The second-order valence-corrected chi connectivity index (χ2v) is 10.1. The van der Waals surface area contributed by atoms with E-state index in [-0.39, 0.29) is 39.4 Å². The van der Waals surface area contributed by atoms with E-state index in [0.717, 1.165) is 38.9 Å². The molecule has 196 valence electrons. The molecule has 2 fully saturated rings. The molecule has 0 aromatic heterocycles. The van der Waals surface area contributed by atoms with Crippen molar-refractivity contribution >= 4 is 34.4 Å². The Morgan fingerprint density at radius 2 is 1.31 bits per heavy atom. The van der Waals surface area contributed by atoms with Crippen LogP contribution in [0.2, 0.25) is 0 Å². The van der Waals surface area contributed by atoms with Crippen molar-refractivity contribution in [3.63, 3.8) is 0 Å². The number of allylic oxidation sites excluding steroid dienone is 4. The summed E-state index contributed by atoms with van der Waals surface area (Å²) in [5.74, 6) is 0.643. The van der Waals surface area contributed by atoms with Crippen molar-refractivity contribution < 1.29 is 38.5 Å². The van der Waals surface area contributed by atoms with Crippen LogP contribution in [0.3, 0.4) is 0 Å². The van der Waals surface area contributed by atoms with Crippen molar-refractivity contribution in [1.82, 2.24) is 0 Å². The fraction of sp³-hybridized carbons (Fsp3) is 0.692. The monoisotopic (exact) mass is 512 g/mol. The summed E-state index contributed by atoms with van der Waals surface area (Å²) in [5.41, 5.74) is -0.0262. The zero-order chi connectivity index (χ0) is 25.9. The lowest BCUT2D eigenvalue weighted by Crippen LogP contribution is -2.35. The van der Waals surface area contributed by atoms with Gasteiger partial charge in [-0.25, -0.2) is 0 Å². The van der Waals surface area contributed by atoms with Crippen molar-refractivity contribution in [3.8, 4) is 0 Å². The van der Waals surface area contributed by atoms with E-state index in [1.165, 1.54) is 12.2 Å². The molecule has 2 aliphatic heterocycles. The number of aliphatic hydroxyl groups is 1. The predicted octanol–water partition coefficient (Wildman–Crippen LogP) is 4.73. The molecule has 8 nitrogen and oxygen atoms in total. The van der Waals surface area contributed by atoms with Crippen LogP contribution in [0.15, 0.2) is 23.7 Å². The number of ether oxygens (including phenoxy) is 3. The van der Waals surface area contributed by atoms with Gasteiger partial charge in [0.15, 0.2) is 11.6 Å². The Bertz CT molecular complexity index is 832. The van der Waals surface area contributed by atoms with Gasteiger partial charge in [-0.2, -0.15) is 0 Å². The minimum absolute atomic E-state index is 0.00810. The van der Waals surface area contributed by atoms with Crippen LogP contribution in [0, 0.1) is 10.8 Å². The van der Waals surface area contributed by atoms with E-state index in [0.29, 0.717) is 57.5 Å². The van der Waals surface area contributed by atoms with Crippen molar-refractivity contribution in [2.24, 2.45) is 10.8 Å². The van der Waals surface area contributed by atoms with Gasteiger partial charge in [0.25, 0.3) is 0 Å². The molecule has 2 aliphatic carbocycles. The molecular weight excluding hydrogens is 476 g/mol. The normalized spacial score (nSPS) is 22.6. The predicted molar refractivity (Wildman–Crippen MR) is 130 cm³/mol. The molecular formula is C26H37ClO8. The number of hydrogen-bond acceptors (Lipinski definition) is 8. The Morgan fingerprint density at radius 3 is 1.74 bits per heavy atom. The Balaban J connectivity index is 0.000000212. The van der Waals surface area contributed by atoms with Crippen LogP contribution >= 0.6 is 11.6 Å². The number of hydrogen-bond donors (Lipinski definition) is 1. The summed E-state index contributed by atoms with van der Waals surface area (Å²) >= 11 is 4.82. The van der Waals surface area contributed by atoms with Crippen molar-refractivity contribution in [2.45, 2.75) is 78.1 Å². The van der Waals surface area contributed by atoms with E-state index >= 15 is 0 Å². The van der Waals surface area contributed by atoms with Gasteiger partial charge in [0.2, 0.25) is 5.24 Å². The van der Waals surface area contributed by atoms with Gasteiger partial charge in [0.05, 0.1) is 5.76 Å². The highest BCUT2D eigenvalue weighted by molar-refractivity contribution is 6.63. The quantitative estimate of drug-likeness (QED) is 0.426. The van der Waals surface area contributed by atoms with E-state index in [9.17, 15) is 24.3 Å². The van der Waals surface area contributed by atoms with Gasteiger partial charge < -0.3 is 19.3 Å². The van der Waals surface area contributed by atoms with Gasteiger partial charge in [-0.3, -0.25) is 19.2 Å². The first kappa shape index (κ1) is 29.2. The number of ketones is 2. The van der Waals surface area contributed by atoms with Crippen LogP contribution in [-0.2, 0) is 33.4 Å². The van der Waals surface area contributed by atoms with Gasteiger partial charge >= 0.3 is 5.97 Å².